The number of halogens is 2. The van der Waals surface area contributed by atoms with Gasteiger partial charge in [-0.3, -0.25) is 9.59 Å². The molecule has 1 aromatic rings. The molecule has 1 aliphatic rings. The molecule has 0 bridgehead atoms. The normalized spacial score (nSPS) is 15.1. The molecule has 2 amide bonds. The molecule has 0 aliphatic carbocycles. The number of alkyl halides is 2. The van der Waals surface area contributed by atoms with Crippen LogP contribution in [0.15, 0.2) is 24.3 Å². The van der Waals surface area contributed by atoms with Crippen LogP contribution >= 0.6 is 23.2 Å². The van der Waals surface area contributed by atoms with Gasteiger partial charge in [-0.05, 0) is 31.9 Å². The van der Waals surface area contributed by atoms with E-state index in [-0.39, 0.29) is 24.5 Å². The molecule has 6 nitrogen and oxygen atoms in total. The molecule has 1 saturated heterocycles. The van der Waals surface area contributed by atoms with E-state index >= 15 is 0 Å². The highest BCUT2D eigenvalue weighted by Crippen LogP contribution is 2.26. The summed E-state index contributed by atoms with van der Waals surface area (Å²) >= 11 is 11.2. The van der Waals surface area contributed by atoms with Crippen LogP contribution in [0.4, 0.5) is 0 Å². The molecule has 1 aliphatic heterocycles. The average Bonchev–Trinajstić information content (AvgIpc) is 2.61. The second kappa shape index (κ2) is 9.73. The minimum Gasteiger partial charge on any atom is -0.490 e. The Balaban J connectivity index is 1.76. The van der Waals surface area contributed by atoms with Gasteiger partial charge < -0.3 is 19.7 Å². The second-order valence-corrected chi connectivity index (χ2v) is 6.73. The van der Waals surface area contributed by atoms with Gasteiger partial charge in [0.25, 0.3) is 11.8 Å². The standard InChI is InChI=1S/C17H22Cl2N2O4/c1-2-24-13-5-3-4-6-14(13)25-11-15(22)20-12-7-9-21(10-8-12)17(23)16(18)19/h3-6,12,16H,2,7-11H2,1H3,(H,20,22). The van der Waals surface area contributed by atoms with E-state index < -0.39 is 4.84 Å². The summed E-state index contributed by atoms with van der Waals surface area (Å²) < 4.78 is 11.0. The SMILES string of the molecule is CCOc1ccccc1OCC(=O)NC1CCN(C(=O)C(Cl)Cl)CC1. The summed E-state index contributed by atoms with van der Waals surface area (Å²) in [6.45, 7) is 3.36. The monoisotopic (exact) mass is 388 g/mol. The number of likely N-dealkylation sites (tertiary alicyclic amines) is 1. The predicted molar refractivity (Wildman–Crippen MR) is 96.3 cm³/mol. The van der Waals surface area contributed by atoms with Crippen LogP contribution in [0.25, 0.3) is 0 Å². The van der Waals surface area contributed by atoms with E-state index in [0.29, 0.717) is 44.0 Å². The average molecular weight is 389 g/mol. The van der Waals surface area contributed by atoms with Crippen molar-refractivity contribution in [2.24, 2.45) is 0 Å². The topological polar surface area (TPSA) is 67.9 Å². The summed E-state index contributed by atoms with van der Waals surface area (Å²) in [7, 11) is 0. The van der Waals surface area contributed by atoms with Crippen LogP contribution in [0.1, 0.15) is 19.8 Å². The van der Waals surface area contributed by atoms with Gasteiger partial charge >= 0.3 is 0 Å². The summed E-state index contributed by atoms with van der Waals surface area (Å²) in [5.41, 5.74) is 0. The maximum absolute atomic E-state index is 12.1. The van der Waals surface area contributed by atoms with E-state index in [0.717, 1.165) is 0 Å². The fraction of sp³-hybridized carbons (Fsp3) is 0.529. The third-order valence-corrected chi connectivity index (χ3v) is 4.24. The van der Waals surface area contributed by atoms with Crippen molar-refractivity contribution in [1.29, 1.82) is 0 Å². The zero-order valence-electron chi connectivity index (χ0n) is 14.0. The molecule has 138 valence electrons. The molecule has 0 spiro atoms. The lowest BCUT2D eigenvalue weighted by Crippen LogP contribution is -2.48. The van der Waals surface area contributed by atoms with Crippen LogP contribution in [0.3, 0.4) is 0 Å². The molecule has 8 heteroatoms. The van der Waals surface area contributed by atoms with Gasteiger partial charge in [0.15, 0.2) is 22.9 Å². The number of hydrogen-bond donors (Lipinski definition) is 1. The smallest absolute Gasteiger partial charge is 0.258 e. The number of rotatable bonds is 7. The lowest BCUT2D eigenvalue weighted by atomic mass is 10.1. The first kappa shape index (κ1) is 19.7. The highest BCUT2D eigenvalue weighted by Gasteiger charge is 2.26. The van der Waals surface area contributed by atoms with Gasteiger partial charge in [-0.25, -0.2) is 0 Å². The van der Waals surface area contributed by atoms with Crippen molar-refractivity contribution in [2.45, 2.75) is 30.6 Å². The van der Waals surface area contributed by atoms with E-state index in [2.05, 4.69) is 5.32 Å². The Hall–Kier alpha value is -1.66. The number of amides is 2. The number of piperidine rings is 1. The predicted octanol–water partition coefficient (Wildman–Crippen LogP) is 2.38. The third kappa shape index (κ3) is 5.97. The van der Waals surface area contributed by atoms with Crippen molar-refractivity contribution in [2.75, 3.05) is 26.3 Å². The van der Waals surface area contributed by atoms with Crippen LogP contribution in [0.2, 0.25) is 0 Å². The molecular weight excluding hydrogens is 367 g/mol. The molecule has 0 atom stereocenters. The minimum atomic E-state index is -1.04. The summed E-state index contributed by atoms with van der Waals surface area (Å²) in [4.78, 5) is 24.4. The Bertz CT molecular complexity index is 590. The summed E-state index contributed by atoms with van der Waals surface area (Å²) in [6, 6.07) is 7.23. The van der Waals surface area contributed by atoms with E-state index in [9.17, 15) is 9.59 Å². The zero-order chi connectivity index (χ0) is 18.2. The van der Waals surface area contributed by atoms with Crippen LogP contribution < -0.4 is 14.8 Å². The van der Waals surface area contributed by atoms with Crippen LogP contribution in [-0.2, 0) is 9.59 Å². The van der Waals surface area contributed by atoms with Gasteiger partial charge in [0, 0.05) is 19.1 Å². The first-order chi connectivity index (χ1) is 12.0. The van der Waals surface area contributed by atoms with Gasteiger partial charge in [-0.2, -0.15) is 0 Å². The lowest BCUT2D eigenvalue weighted by Gasteiger charge is -2.32. The molecule has 0 unspecified atom stereocenters. The lowest BCUT2D eigenvalue weighted by molar-refractivity contribution is -0.130. The number of nitrogens with zero attached hydrogens (tertiary/aromatic N) is 1. The Morgan fingerprint density at radius 2 is 1.80 bits per heavy atom. The van der Waals surface area contributed by atoms with Crippen molar-refractivity contribution >= 4 is 35.0 Å². The molecule has 1 heterocycles. The van der Waals surface area contributed by atoms with Crippen LogP contribution in [0.5, 0.6) is 11.5 Å². The van der Waals surface area contributed by atoms with Crippen molar-refractivity contribution in [1.82, 2.24) is 10.2 Å². The maximum atomic E-state index is 12.1. The first-order valence-electron chi connectivity index (χ1n) is 8.22. The molecule has 0 radical (unpaired) electrons. The largest absolute Gasteiger partial charge is 0.490 e. The Labute approximate surface area is 157 Å². The van der Waals surface area contributed by atoms with Crippen molar-refractivity contribution < 1.29 is 19.1 Å². The fourth-order valence-electron chi connectivity index (χ4n) is 2.64. The Morgan fingerprint density at radius 1 is 1.20 bits per heavy atom. The van der Waals surface area contributed by atoms with E-state index in [4.69, 9.17) is 32.7 Å². The molecule has 1 fully saturated rings. The Kier molecular flexibility index (Phi) is 7.65. The quantitative estimate of drug-likeness (QED) is 0.728. The molecule has 1 aromatic carbocycles. The number of carbonyl (C=O) groups is 2. The van der Waals surface area contributed by atoms with Gasteiger partial charge in [0.05, 0.1) is 6.61 Å². The molecule has 25 heavy (non-hydrogen) atoms. The molecule has 2 rings (SSSR count). The highest BCUT2D eigenvalue weighted by molar-refractivity contribution is 6.53. The zero-order valence-corrected chi connectivity index (χ0v) is 15.6. The van der Waals surface area contributed by atoms with Gasteiger partial charge in [0.2, 0.25) is 0 Å². The molecule has 0 saturated carbocycles. The number of ether oxygens (including phenoxy) is 2. The molecular formula is C17H22Cl2N2O4. The Morgan fingerprint density at radius 3 is 2.36 bits per heavy atom. The number of benzene rings is 1. The van der Waals surface area contributed by atoms with E-state index in [1.165, 1.54) is 0 Å². The maximum Gasteiger partial charge on any atom is 0.258 e. The second-order valence-electron chi connectivity index (χ2n) is 5.64. The van der Waals surface area contributed by atoms with E-state index in [1.807, 2.05) is 19.1 Å². The molecule has 0 aromatic heterocycles. The summed E-state index contributed by atoms with van der Waals surface area (Å²) in [5.74, 6) is 0.657. The summed E-state index contributed by atoms with van der Waals surface area (Å²) in [5, 5.41) is 2.92. The third-order valence-electron chi connectivity index (χ3n) is 3.87. The number of hydrogen-bond acceptors (Lipinski definition) is 4. The van der Waals surface area contributed by atoms with Gasteiger partial charge in [-0.15, -0.1) is 0 Å². The first-order valence-corrected chi connectivity index (χ1v) is 9.09. The van der Waals surface area contributed by atoms with Crippen molar-refractivity contribution in [3.05, 3.63) is 24.3 Å². The van der Waals surface area contributed by atoms with Gasteiger partial charge in [0.1, 0.15) is 0 Å². The highest BCUT2D eigenvalue weighted by atomic mass is 35.5. The van der Waals surface area contributed by atoms with Crippen molar-refractivity contribution in [3.8, 4) is 11.5 Å². The number of para-hydroxylation sites is 2. The van der Waals surface area contributed by atoms with Crippen LogP contribution in [0, 0.1) is 0 Å². The van der Waals surface area contributed by atoms with Crippen LogP contribution in [-0.4, -0.2) is 53.9 Å². The summed E-state index contributed by atoms with van der Waals surface area (Å²) in [6.07, 6.45) is 1.32. The fourth-order valence-corrected chi connectivity index (χ4v) is 2.92. The van der Waals surface area contributed by atoms with Crippen molar-refractivity contribution in [3.63, 3.8) is 0 Å². The molecule has 1 N–H and O–H groups in total. The minimum absolute atomic E-state index is 0.00591. The van der Waals surface area contributed by atoms with E-state index in [1.54, 1.807) is 17.0 Å². The number of carbonyl (C=O) groups excluding carboxylic acids is 2. The van der Waals surface area contributed by atoms with Gasteiger partial charge in [-0.1, -0.05) is 35.3 Å². The number of nitrogens with one attached hydrogen (secondary N) is 1.